The van der Waals surface area contributed by atoms with Gasteiger partial charge in [0.25, 0.3) is 0 Å². The molecule has 2 fully saturated rings. The SMILES string of the molecule is C1OC[C@H]2OCOC[C@H]2O1. The summed E-state index contributed by atoms with van der Waals surface area (Å²) in [6.45, 7) is 2.00. The average molecular weight is 146 g/mol. The Balaban J connectivity index is 1.93. The van der Waals surface area contributed by atoms with Crippen molar-refractivity contribution in [3.8, 4) is 0 Å². The van der Waals surface area contributed by atoms with E-state index in [9.17, 15) is 0 Å². The largest absolute Gasteiger partial charge is 0.353 e. The number of ether oxygens (including phenoxy) is 4. The third-order valence-corrected chi connectivity index (χ3v) is 1.71. The molecule has 2 atom stereocenters. The molecule has 2 aliphatic heterocycles. The number of rotatable bonds is 0. The molecule has 0 aromatic heterocycles. The summed E-state index contributed by atoms with van der Waals surface area (Å²) >= 11 is 0. The quantitative estimate of drug-likeness (QED) is 0.471. The topological polar surface area (TPSA) is 36.9 Å². The van der Waals surface area contributed by atoms with Gasteiger partial charge in [-0.3, -0.25) is 0 Å². The van der Waals surface area contributed by atoms with Crippen LogP contribution in [0.3, 0.4) is 0 Å². The van der Waals surface area contributed by atoms with Crippen LogP contribution in [0, 0.1) is 0 Å². The van der Waals surface area contributed by atoms with Crippen molar-refractivity contribution in [1.29, 1.82) is 0 Å². The van der Waals surface area contributed by atoms with E-state index in [1.54, 1.807) is 0 Å². The van der Waals surface area contributed by atoms with Gasteiger partial charge in [0.1, 0.15) is 25.8 Å². The molecule has 10 heavy (non-hydrogen) atoms. The van der Waals surface area contributed by atoms with E-state index in [0.29, 0.717) is 26.8 Å². The van der Waals surface area contributed by atoms with Gasteiger partial charge in [-0.1, -0.05) is 0 Å². The first kappa shape index (κ1) is 6.54. The fourth-order valence-electron chi connectivity index (χ4n) is 1.13. The first-order valence-corrected chi connectivity index (χ1v) is 3.35. The van der Waals surface area contributed by atoms with Crippen molar-refractivity contribution in [2.24, 2.45) is 0 Å². The maximum Gasteiger partial charge on any atom is 0.147 e. The Hall–Kier alpha value is -0.160. The van der Waals surface area contributed by atoms with Crippen molar-refractivity contribution in [3.63, 3.8) is 0 Å². The Morgan fingerprint density at radius 1 is 0.800 bits per heavy atom. The van der Waals surface area contributed by atoms with Crippen molar-refractivity contribution in [3.05, 3.63) is 0 Å². The van der Waals surface area contributed by atoms with Gasteiger partial charge in [0.05, 0.1) is 13.2 Å². The van der Waals surface area contributed by atoms with Crippen LogP contribution in [0.4, 0.5) is 0 Å². The first-order chi connectivity index (χ1) is 4.97. The molecule has 0 N–H and O–H groups in total. The van der Waals surface area contributed by atoms with E-state index in [2.05, 4.69) is 0 Å². The van der Waals surface area contributed by atoms with Gasteiger partial charge in [-0.2, -0.15) is 0 Å². The third kappa shape index (κ3) is 1.15. The number of fused-ring (bicyclic) bond motifs is 1. The van der Waals surface area contributed by atoms with Crippen molar-refractivity contribution in [2.45, 2.75) is 12.2 Å². The highest BCUT2D eigenvalue weighted by Crippen LogP contribution is 2.14. The summed E-state index contributed by atoms with van der Waals surface area (Å²) in [6, 6.07) is 0. The van der Waals surface area contributed by atoms with Crippen molar-refractivity contribution in [2.75, 3.05) is 26.8 Å². The Labute approximate surface area is 59.0 Å². The van der Waals surface area contributed by atoms with Crippen LogP contribution < -0.4 is 0 Å². The highest BCUT2D eigenvalue weighted by atomic mass is 16.7. The van der Waals surface area contributed by atoms with Gasteiger partial charge in [-0.25, -0.2) is 0 Å². The molecule has 0 spiro atoms. The Kier molecular flexibility index (Phi) is 1.86. The molecule has 0 radical (unpaired) electrons. The molecule has 0 unspecified atom stereocenters. The van der Waals surface area contributed by atoms with E-state index in [4.69, 9.17) is 18.9 Å². The second kappa shape index (κ2) is 2.84. The van der Waals surface area contributed by atoms with Gasteiger partial charge in [0.2, 0.25) is 0 Å². The van der Waals surface area contributed by atoms with Gasteiger partial charge in [-0.15, -0.1) is 0 Å². The van der Waals surface area contributed by atoms with E-state index >= 15 is 0 Å². The van der Waals surface area contributed by atoms with Crippen LogP contribution in [-0.2, 0) is 18.9 Å². The Morgan fingerprint density at radius 2 is 1.30 bits per heavy atom. The second-order valence-electron chi connectivity index (χ2n) is 2.39. The fraction of sp³-hybridized carbons (Fsp3) is 1.00. The predicted octanol–water partition coefficient (Wildman–Crippen LogP) is -0.268. The van der Waals surface area contributed by atoms with Crippen LogP contribution in [0.2, 0.25) is 0 Å². The van der Waals surface area contributed by atoms with E-state index in [1.165, 1.54) is 0 Å². The Morgan fingerprint density at radius 3 is 1.80 bits per heavy atom. The summed E-state index contributed by atoms with van der Waals surface area (Å²) in [5, 5.41) is 0. The maximum absolute atomic E-state index is 5.21. The molecule has 58 valence electrons. The minimum Gasteiger partial charge on any atom is -0.353 e. The molecular weight excluding hydrogens is 136 g/mol. The lowest BCUT2D eigenvalue weighted by Gasteiger charge is -2.34. The molecule has 2 saturated heterocycles. The van der Waals surface area contributed by atoms with Crippen LogP contribution in [-0.4, -0.2) is 39.0 Å². The van der Waals surface area contributed by atoms with E-state index < -0.39 is 0 Å². The van der Waals surface area contributed by atoms with Crippen LogP contribution in [0.1, 0.15) is 0 Å². The van der Waals surface area contributed by atoms with E-state index in [0.717, 1.165) is 0 Å². The van der Waals surface area contributed by atoms with Crippen LogP contribution in [0.5, 0.6) is 0 Å². The molecular formula is C6H10O4. The smallest absolute Gasteiger partial charge is 0.147 e. The lowest BCUT2D eigenvalue weighted by molar-refractivity contribution is -0.276. The summed E-state index contributed by atoms with van der Waals surface area (Å²) in [4.78, 5) is 0. The van der Waals surface area contributed by atoms with Gasteiger partial charge >= 0.3 is 0 Å². The van der Waals surface area contributed by atoms with Crippen LogP contribution in [0.15, 0.2) is 0 Å². The van der Waals surface area contributed by atoms with Crippen molar-refractivity contribution < 1.29 is 18.9 Å². The monoisotopic (exact) mass is 146 g/mol. The molecule has 4 nitrogen and oxygen atoms in total. The average Bonchev–Trinajstić information content (AvgIpc) is 2.05. The molecule has 2 heterocycles. The number of hydrogen-bond donors (Lipinski definition) is 0. The molecule has 4 heteroatoms. The molecule has 0 aromatic rings. The third-order valence-electron chi connectivity index (χ3n) is 1.71. The highest BCUT2D eigenvalue weighted by molar-refractivity contribution is 4.73. The highest BCUT2D eigenvalue weighted by Gasteiger charge is 2.30. The standard InChI is InChI=1S/C6H10O4/c1-5-6(10-3-7-1)2-8-4-9-5/h5-6H,1-4H2/t5-,6-/m1/s1. The summed E-state index contributed by atoms with van der Waals surface area (Å²) in [7, 11) is 0. The lowest BCUT2D eigenvalue weighted by Crippen LogP contribution is -2.47. The van der Waals surface area contributed by atoms with Gasteiger partial charge < -0.3 is 18.9 Å². The first-order valence-electron chi connectivity index (χ1n) is 3.35. The van der Waals surface area contributed by atoms with Gasteiger partial charge in [0.15, 0.2) is 0 Å². The van der Waals surface area contributed by atoms with E-state index in [1.807, 2.05) is 0 Å². The zero-order valence-electron chi connectivity index (χ0n) is 5.62. The number of hydrogen-bond acceptors (Lipinski definition) is 4. The minimum absolute atomic E-state index is 0.0856. The predicted molar refractivity (Wildman–Crippen MR) is 31.4 cm³/mol. The molecule has 0 aliphatic carbocycles. The summed E-state index contributed by atoms with van der Waals surface area (Å²) in [5.74, 6) is 0. The Bertz CT molecular complexity index is 90.3. The van der Waals surface area contributed by atoms with E-state index in [-0.39, 0.29) is 12.2 Å². The second-order valence-corrected chi connectivity index (χ2v) is 2.39. The van der Waals surface area contributed by atoms with Gasteiger partial charge in [0, 0.05) is 0 Å². The van der Waals surface area contributed by atoms with Crippen molar-refractivity contribution in [1.82, 2.24) is 0 Å². The van der Waals surface area contributed by atoms with Crippen LogP contribution in [0.25, 0.3) is 0 Å². The molecule has 0 bridgehead atoms. The molecule has 2 rings (SSSR count). The fourth-order valence-corrected chi connectivity index (χ4v) is 1.13. The zero-order chi connectivity index (χ0) is 6.81. The molecule has 0 aromatic carbocycles. The zero-order valence-corrected chi connectivity index (χ0v) is 5.62. The summed E-state index contributed by atoms with van der Waals surface area (Å²) in [6.07, 6.45) is 0.171. The summed E-state index contributed by atoms with van der Waals surface area (Å²) < 4.78 is 20.5. The van der Waals surface area contributed by atoms with Crippen LogP contribution >= 0.6 is 0 Å². The summed E-state index contributed by atoms with van der Waals surface area (Å²) in [5.41, 5.74) is 0. The molecule has 0 saturated carbocycles. The maximum atomic E-state index is 5.21. The lowest BCUT2D eigenvalue weighted by atomic mass is 10.2. The normalized spacial score (nSPS) is 40.8. The molecule has 2 aliphatic rings. The van der Waals surface area contributed by atoms with Gasteiger partial charge in [-0.05, 0) is 0 Å². The molecule has 0 amide bonds. The minimum atomic E-state index is 0.0856. The van der Waals surface area contributed by atoms with Crippen molar-refractivity contribution >= 4 is 0 Å².